The van der Waals surface area contributed by atoms with Gasteiger partial charge in [-0.05, 0) is 30.7 Å². The van der Waals surface area contributed by atoms with Gasteiger partial charge in [-0.1, -0.05) is 13.8 Å². The van der Waals surface area contributed by atoms with Crippen LogP contribution in [0.4, 0.5) is 4.79 Å². The molecule has 3 aromatic heterocycles. The van der Waals surface area contributed by atoms with E-state index in [1.54, 1.807) is 0 Å². The zero-order valence-electron chi connectivity index (χ0n) is 15.9. The van der Waals surface area contributed by atoms with E-state index >= 15 is 0 Å². The van der Waals surface area contributed by atoms with Crippen molar-refractivity contribution in [3.05, 3.63) is 30.5 Å². The Balaban J connectivity index is 1.48. The van der Waals surface area contributed by atoms with Gasteiger partial charge in [0.05, 0.1) is 23.4 Å². The Morgan fingerprint density at radius 1 is 1.11 bits per heavy atom. The van der Waals surface area contributed by atoms with Crippen LogP contribution in [0.3, 0.4) is 0 Å². The predicted molar refractivity (Wildman–Crippen MR) is 104 cm³/mol. The first kappa shape index (κ1) is 16.6. The van der Waals surface area contributed by atoms with Gasteiger partial charge in [0.15, 0.2) is 5.65 Å². The molecule has 0 aromatic carbocycles. The largest absolute Gasteiger partial charge is 0.345 e. The number of imidazole rings is 1. The topological polar surface area (TPSA) is 69.5 Å². The number of hydrogen-bond acceptors (Lipinski definition) is 3. The Hall–Kier alpha value is -2.57. The third kappa shape index (κ3) is 2.67. The maximum absolute atomic E-state index is 13.0. The number of H-pyrrole nitrogens is 1. The van der Waals surface area contributed by atoms with Crippen molar-refractivity contribution in [2.24, 2.45) is 11.8 Å². The molecule has 0 radical (unpaired) electrons. The molecular formula is C20H26N6O. The number of piperidine rings is 1. The molecule has 2 amide bonds. The first-order valence-corrected chi connectivity index (χ1v) is 9.95. The number of likely N-dealkylation sites (tertiary alicyclic amines) is 2. The van der Waals surface area contributed by atoms with Crippen molar-refractivity contribution in [3.63, 3.8) is 0 Å². The zero-order valence-corrected chi connectivity index (χ0v) is 15.9. The van der Waals surface area contributed by atoms with Crippen LogP contribution < -0.4 is 0 Å². The molecule has 2 aliphatic rings. The fourth-order valence-corrected chi connectivity index (χ4v) is 4.65. The van der Waals surface area contributed by atoms with Gasteiger partial charge >= 0.3 is 6.03 Å². The van der Waals surface area contributed by atoms with Gasteiger partial charge < -0.3 is 14.8 Å². The molecule has 1 N–H and O–H groups in total. The lowest BCUT2D eigenvalue weighted by Gasteiger charge is -2.38. The molecule has 2 fully saturated rings. The van der Waals surface area contributed by atoms with Crippen LogP contribution in [0.25, 0.3) is 16.7 Å². The third-order valence-corrected chi connectivity index (χ3v) is 6.34. The number of nitrogens with zero attached hydrogens (tertiary/aromatic N) is 5. The summed E-state index contributed by atoms with van der Waals surface area (Å²) in [6.07, 6.45) is 7.79. The summed E-state index contributed by atoms with van der Waals surface area (Å²) < 4.78 is 2.20. The van der Waals surface area contributed by atoms with Crippen molar-refractivity contribution >= 4 is 22.7 Å². The van der Waals surface area contributed by atoms with E-state index in [1.165, 1.54) is 0 Å². The van der Waals surface area contributed by atoms with Crippen LogP contribution in [0, 0.1) is 11.8 Å². The highest BCUT2D eigenvalue weighted by Gasteiger charge is 2.35. The number of carbonyl (C=O) groups excluding carboxylic acids is 1. The van der Waals surface area contributed by atoms with Crippen molar-refractivity contribution in [1.82, 2.24) is 29.2 Å². The first-order chi connectivity index (χ1) is 13.1. The van der Waals surface area contributed by atoms with Gasteiger partial charge in [-0.3, -0.25) is 4.40 Å². The van der Waals surface area contributed by atoms with Crippen molar-refractivity contribution in [1.29, 1.82) is 0 Å². The van der Waals surface area contributed by atoms with Crippen LogP contribution in [-0.2, 0) is 0 Å². The summed E-state index contributed by atoms with van der Waals surface area (Å²) in [7, 11) is 0. The summed E-state index contributed by atoms with van der Waals surface area (Å²) in [5.74, 6) is 2.36. The van der Waals surface area contributed by atoms with Gasteiger partial charge in [0.1, 0.15) is 5.82 Å². The summed E-state index contributed by atoms with van der Waals surface area (Å²) in [6, 6.07) is 2.24. The highest BCUT2D eigenvalue weighted by molar-refractivity contribution is 5.76. The number of nitrogens with one attached hydrogen (secondary N) is 1. The standard InChI is InChI=1S/C20H26N6O/c1-13-4-7-24(11-13)20(27)25-8-5-14(2)16(12-25)19-23-10-15-9-22-18-17(26(15)19)3-6-21-18/h3,6,9-10,13-14,16,21H,4-5,7-8,11-12H2,1-2H3/t13-,14+,16-/m0/s1. The fourth-order valence-electron chi connectivity index (χ4n) is 4.65. The van der Waals surface area contributed by atoms with Gasteiger partial charge in [-0.15, -0.1) is 0 Å². The van der Waals surface area contributed by atoms with Gasteiger partial charge in [0.2, 0.25) is 0 Å². The van der Waals surface area contributed by atoms with Crippen LogP contribution in [0.5, 0.6) is 0 Å². The molecule has 0 spiro atoms. The number of amides is 2. The molecule has 5 rings (SSSR count). The minimum Gasteiger partial charge on any atom is -0.345 e. The number of urea groups is 1. The highest BCUT2D eigenvalue weighted by atomic mass is 16.2. The summed E-state index contributed by atoms with van der Waals surface area (Å²) in [6.45, 7) is 7.85. The third-order valence-electron chi connectivity index (χ3n) is 6.34. The lowest BCUT2D eigenvalue weighted by molar-refractivity contribution is 0.131. The molecule has 142 valence electrons. The van der Waals surface area contributed by atoms with Crippen LogP contribution in [-0.4, -0.2) is 61.4 Å². The minimum absolute atomic E-state index is 0.200. The second kappa shape index (κ2) is 6.25. The lowest BCUT2D eigenvalue weighted by atomic mass is 9.86. The number of aromatic nitrogens is 4. The van der Waals surface area contributed by atoms with E-state index in [4.69, 9.17) is 4.98 Å². The SMILES string of the molecule is C[C@H]1CCN(C(=O)N2CC[C@@H](C)[C@@H](c3ncc4cnc5[nH]ccc5n34)C2)C1. The van der Waals surface area contributed by atoms with Crippen molar-refractivity contribution < 1.29 is 4.79 Å². The molecule has 2 aliphatic heterocycles. The quantitative estimate of drug-likeness (QED) is 0.719. The Morgan fingerprint density at radius 2 is 1.89 bits per heavy atom. The van der Waals surface area contributed by atoms with Gasteiger partial charge in [0.25, 0.3) is 0 Å². The molecule has 7 heteroatoms. The maximum Gasteiger partial charge on any atom is 0.320 e. The molecular weight excluding hydrogens is 340 g/mol. The Kier molecular flexibility index (Phi) is 3.84. The number of fused-ring (bicyclic) bond motifs is 3. The minimum atomic E-state index is 0.200. The number of aromatic amines is 1. The molecule has 0 saturated carbocycles. The molecule has 0 unspecified atom stereocenters. The Morgan fingerprint density at radius 3 is 2.70 bits per heavy atom. The van der Waals surface area contributed by atoms with Gasteiger partial charge in [0, 0.05) is 38.3 Å². The average Bonchev–Trinajstić information content (AvgIpc) is 3.39. The second-order valence-corrected chi connectivity index (χ2v) is 8.29. The molecule has 0 aliphatic carbocycles. The monoisotopic (exact) mass is 366 g/mol. The van der Waals surface area contributed by atoms with E-state index in [2.05, 4.69) is 28.2 Å². The maximum atomic E-state index is 13.0. The van der Waals surface area contributed by atoms with Crippen molar-refractivity contribution in [2.45, 2.75) is 32.6 Å². The summed E-state index contributed by atoms with van der Waals surface area (Å²) in [4.78, 5) is 29.5. The summed E-state index contributed by atoms with van der Waals surface area (Å²) >= 11 is 0. The number of carbonyl (C=O) groups is 1. The van der Waals surface area contributed by atoms with Crippen LogP contribution in [0.1, 0.15) is 38.4 Å². The lowest BCUT2D eigenvalue weighted by Crippen LogP contribution is -2.48. The van der Waals surface area contributed by atoms with E-state index in [9.17, 15) is 4.79 Å². The van der Waals surface area contributed by atoms with Gasteiger partial charge in [-0.25, -0.2) is 14.8 Å². The highest BCUT2D eigenvalue weighted by Crippen LogP contribution is 2.33. The first-order valence-electron chi connectivity index (χ1n) is 9.95. The Bertz CT molecular complexity index is 991. The molecule has 3 atom stereocenters. The van der Waals surface area contributed by atoms with E-state index < -0.39 is 0 Å². The molecule has 0 bridgehead atoms. The normalized spacial score (nSPS) is 26.4. The molecule has 5 heterocycles. The average molecular weight is 366 g/mol. The Labute approximate surface area is 158 Å². The van der Waals surface area contributed by atoms with Crippen molar-refractivity contribution in [2.75, 3.05) is 26.2 Å². The van der Waals surface area contributed by atoms with E-state index in [1.807, 2.05) is 34.5 Å². The van der Waals surface area contributed by atoms with Gasteiger partial charge in [-0.2, -0.15) is 0 Å². The van der Waals surface area contributed by atoms with E-state index in [-0.39, 0.29) is 11.9 Å². The van der Waals surface area contributed by atoms with Crippen LogP contribution in [0.2, 0.25) is 0 Å². The van der Waals surface area contributed by atoms with Crippen molar-refractivity contribution in [3.8, 4) is 0 Å². The van der Waals surface area contributed by atoms with Crippen LogP contribution >= 0.6 is 0 Å². The molecule has 7 nitrogen and oxygen atoms in total. The molecule has 27 heavy (non-hydrogen) atoms. The fraction of sp³-hybridized carbons (Fsp3) is 0.550. The van der Waals surface area contributed by atoms with E-state index in [0.29, 0.717) is 11.8 Å². The second-order valence-electron chi connectivity index (χ2n) is 8.29. The van der Waals surface area contributed by atoms with Crippen LogP contribution in [0.15, 0.2) is 24.7 Å². The zero-order chi connectivity index (χ0) is 18.5. The number of hydrogen-bond donors (Lipinski definition) is 1. The predicted octanol–water partition coefficient (Wildman–Crippen LogP) is 3.10. The molecule has 3 aromatic rings. The molecule has 2 saturated heterocycles. The summed E-state index contributed by atoms with van der Waals surface area (Å²) in [5, 5.41) is 0. The number of rotatable bonds is 1. The summed E-state index contributed by atoms with van der Waals surface area (Å²) in [5.41, 5.74) is 2.91. The van der Waals surface area contributed by atoms with E-state index in [0.717, 1.165) is 61.5 Å². The smallest absolute Gasteiger partial charge is 0.320 e.